The topological polar surface area (TPSA) is 63.2 Å². The molecule has 0 spiro atoms. The third-order valence-corrected chi connectivity index (χ3v) is 3.53. The van der Waals surface area contributed by atoms with Crippen LogP contribution in [-0.2, 0) is 0 Å². The lowest BCUT2D eigenvalue weighted by Gasteiger charge is -2.11. The van der Waals surface area contributed by atoms with Crippen LogP contribution >= 0.6 is 35.4 Å². The Balaban J connectivity index is 2.02. The summed E-state index contributed by atoms with van der Waals surface area (Å²) in [7, 11) is 0. The van der Waals surface area contributed by atoms with Gasteiger partial charge in [-0.1, -0.05) is 23.2 Å². The molecule has 0 aliphatic heterocycles. The number of amides is 1. The number of carbonyl (C=O) groups is 1. The Kier molecular flexibility index (Phi) is 6.15. The fourth-order valence-corrected chi connectivity index (χ4v) is 2.33. The van der Waals surface area contributed by atoms with Gasteiger partial charge in [-0.05, 0) is 49.5 Å². The maximum absolute atomic E-state index is 12.2. The average Bonchev–Trinajstić information content (AvgIpc) is 2.51. The smallest absolute Gasteiger partial charge is 0.257 e. The second-order valence-electron chi connectivity index (χ2n) is 4.33. The number of ether oxygens (including phenoxy) is 1. The summed E-state index contributed by atoms with van der Waals surface area (Å²) in [4.78, 5) is 16.1. The Labute approximate surface area is 149 Å². The number of anilines is 1. The lowest BCUT2D eigenvalue weighted by molar-refractivity contribution is 0.0977. The number of hydrogen-bond donors (Lipinski definition) is 2. The molecule has 0 aliphatic rings. The van der Waals surface area contributed by atoms with Gasteiger partial charge in [0.1, 0.15) is 5.75 Å². The molecule has 0 fully saturated rings. The summed E-state index contributed by atoms with van der Waals surface area (Å²) in [6, 6.07) is 8.15. The normalized spacial score (nSPS) is 10.0. The average molecular weight is 370 g/mol. The molecule has 2 N–H and O–H groups in total. The quantitative estimate of drug-likeness (QED) is 0.631. The molecule has 0 radical (unpaired) electrons. The number of hydrogen-bond acceptors (Lipinski definition) is 4. The first-order valence-electron chi connectivity index (χ1n) is 6.66. The van der Waals surface area contributed by atoms with Crippen molar-refractivity contribution in [2.24, 2.45) is 0 Å². The van der Waals surface area contributed by atoms with E-state index in [-0.39, 0.29) is 10.3 Å². The first-order chi connectivity index (χ1) is 11.0. The Bertz CT molecular complexity index is 740. The molecule has 120 valence electrons. The second kappa shape index (κ2) is 8.10. The highest BCUT2D eigenvalue weighted by Gasteiger charge is 2.12. The van der Waals surface area contributed by atoms with Crippen molar-refractivity contribution in [3.63, 3.8) is 0 Å². The van der Waals surface area contributed by atoms with E-state index in [1.165, 1.54) is 6.07 Å². The zero-order chi connectivity index (χ0) is 16.8. The largest absolute Gasteiger partial charge is 0.492 e. The molecule has 0 aliphatic carbocycles. The molecule has 23 heavy (non-hydrogen) atoms. The molecule has 1 aromatic heterocycles. The highest BCUT2D eigenvalue weighted by Crippen LogP contribution is 2.25. The minimum Gasteiger partial charge on any atom is -0.492 e. The molecule has 2 rings (SSSR count). The summed E-state index contributed by atoms with van der Waals surface area (Å²) in [5.41, 5.74) is 0.865. The van der Waals surface area contributed by atoms with E-state index in [1.54, 1.807) is 30.5 Å². The molecule has 2 aromatic rings. The van der Waals surface area contributed by atoms with Crippen LogP contribution < -0.4 is 15.4 Å². The van der Waals surface area contributed by atoms with Gasteiger partial charge in [0.15, 0.2) is 10.3 Å². The zero-order valence-electron chi connectivity index (χ0n) is 12.1. The molecule has 0 atom stereocenters. The summed E-state index contributed by atoms with van der Waals surface area (Å²) >= 11 is 17.1. The Morgan fingerprint density at radius 1 is 1.35 bits per heavy atom. The van der Waals surface area contributed by atoms with Crippen molar-refractivity contribution in [1.82, 2.24) is 10.3 Å². The molecule has 0 saturated heterocycles. The minimum atomic E-state index is -0.396. The molecular weight excluding hydrogens is 357 g/mol. The first kappa shape index (κ1) is 17.5. The van der Waals surface area contributed by atoms with Gasteiger partial charge in [0, 0.05) is 11.8 Å². The fourth-order valence-electron chi connectivity index (χ4n) is 1.72. The van der Waals surface area contributed by atoms with E-state index in [0.29, 0.717) is 28.6 Å². The van der Waals surface area contributed by atoms with Crippen molar-refractivity contribution in [3.05, 3.63) is 52.3 Å². The molecule has 0 bridgehead atoms. The Morgan fingerprint density at radius 3 is 2.78 bits per heavy atom. The molecule has 5 nitrogen and oxygen atoms in total. The lowest BCUT2D eigenvalue weighted by Crippen LogP contribution is -2.34. The van der Waals surface area contributed by atoms with E-state index in [1.807, 2.05) is 6.92 Å². The molecule has 1 aromatic carbocycles. The molecule has 8 heteroatoms. The third kappa shape index (κ3) is 4.79. The number of rotatable bonds is 4. The maximum Gasteiger partial charge on any atom is 0.257 e. The molecule has 1 heterocycles. The highest BCUT2D eigenvalue weighted by molar-refractivity contribution is 7.80. The summed E-state index contributed by atoms with van der Waals surface area (Å²) in [5, 5.41) is 6.07. The van der Waals surface area contributed by atoms with Crippen LogP contribution in [0.1, 0.15) is 17.3 Å². The van der Waals surface area contributed by atoms with E-state index in [4.69, 9.17) is 40.2 Å². The van der Waals surface area contributed by atoms with Gasteiger partial charge >= 0.3 is 0 Å². The van der Waals surface area contributed by atoms with E-state index < -0.39 is 5.91 Å². The van der Waals surface area contributed by atoms with Crippen LogP contribution in [0.4, 0.5) is 5.69 Å². The van der Waals surface area contributed by atoms with Crippen molar-refractivity contribution in [2.45, 2.75) is 6.92 Å². The summed E-state index contributed by atoms with van der Waals surface area (Å²) in [5.74, 6) is 0.126. The van der Waals surface area contributed by atoms with Crippen LogP contribution in [0.5, 0.6) is 5.75 Å². The van der Waals surface area contributed by atoms with Gasteiger partial charge in [-0.25, -0.2) is 4.98 Å². The van der Waals surface area contributed by atoms with E-state index in [2.05, 4.69) is 15.6 Å². The van der Waals surface area contributed by atoms with Crippen LogP contribution in [0.15, 0.2) is 36.5 Å². The van der Waals surface area contributed by atoms with Gasteiger partial charge in [-0.2, -0.15) is 0 Å². The van der Waals surface area contributed by atoms with Crippen LogP contribution in [0.3, 0.4) is 0 Å². The SMILES string of the molecule is CCOc1ccc(C(=O)NC(=S)Nc2cccnc2Cl)cc1Cl. The Morgan fingerprint density at radius 2 is 2.13 bits per heavy atom. The predicted molar refractivity (Wildman–Crippen MR) is 95.6 cm³/mol. The number of benzene rings is 1. The third-order valence-electron chi connectivity index (χ3n) is 2.73. The van der Waals surface area contributed by atoms with Crippen molar-refractivity contribution < 1.29 is 9.53 Å². The van der Waals surface area contributed by atoms with Crippen molar-refractivity contribution in [3.8, 4) is 5.75 Å². The van der Waals surface area contributed by atoms with Gasteiger partial charge < -0.3 is 10.1 Å². The van der Waals surface area contributed by atoms with Gasteiger partial charge in [0.2, 0.25) is 0 Å². The van der Waals surface area contributed by atoms with Gasteiger partial charge in [0.05, 0.1) is 17.3 Å². The number of carbonyl (C=O) groups excluding carboxylic acids is 1. The summed E-state index contributed by atoms with van der Waals surface area (Å²) in [6.45, 7) is 2.34. The maximum atomic E-state index is 12.2. The second-order valence-corrected chi connectivity index (χ2v) is 5.50. The van der Waals surface area contributed by atoms with E-state index >= 15 is 0 Å². The van der Waals surface area contributed by atoms with Gasteiger partial charge in [0.25, 0.3) is 5.91 Å². The molecule has 0 saturated carbocycles. The van der Waals surface area contributed by atoms with Crippen LogP contribution in [0.25, 0.3) is 0 Å². The number of pyridine rings is 1. The standard InChI is InChI=1S/C15H13Cl2N3O2S/c1-2-22-12-6-5-9(8-10(12)16)14(21)20-15(23)19-11-4-3-7-18-13(11)17/h3-8H,2H2,1H3,(H2,19,20,21,23). The monoisotopic (exact) mass is 369 g/mol. The van der Waals surface area contributed by atoms with E-state index in [0.717, 1.165) is 0 Å². The number of nitrogens with zero attached hydrogens (tertiary/aromatic N) is 1. The van der Waals surface area contributed by atoms with Crippen molar-refractivity contribution in [2.75, 3.05) is 11.9 Å². The number of halogens is 2. The van der Waals surface area contributed by atoms with Crippen LogP contribution in [0.2, 0.25) is 10.2 Å². The predicted octanol–water partition coefficient (Wildman–Crippen LogP) is 3.91. The van der Waals surface area contributed by atoms with Gasteiger partial charge in [-0.15, -0.1) is 0 Å². The molecule has 0 unspecified atom stereocenters. The Hall–Kier alpha value is -1.89. The van der Waals surface area contributed by atoms with Crippen molar-refractivity contribution in [1.29, 1.82) is 0 Å². The summed E-state index contributed by atoms with van der Waals surface area (Å²) in [6.07, 6.45) is 1.55. The minimum absolute atomic E-state index is 0.106. The lowest BCUT2D eigenvalue weighted by atomic mass is 10.2. The fraction of sp³-hybridized carbons (Fsp3) is 0.133. The summed E-state index contributed by atoms with van der Waals surface area (Å²) < 4.78 is 5.32. The van der Waals surface area contributed by atoms with Crippen molar-refractivity contribution >= 4 is 52.1 Å². The number of thiocarbonyl (C=S) groups is 1. The van der Waals surface area contributed by atoms with Gasteiger partial charge in [-0.3, -0.25) is 10.1 Å². The van der Waals surface area contributed by atoms with Crippen LogP contribution in [0, 0.1) is 0 Å². The highest BCUT2D eigenvalue weighted by atomic mass is 35.5. The van der Waals surface area contributed by atoms with Crippen LogP contribution in [-0.4, -0.2) is 22.6 Å². The molecular formula is C15H13Cl2N3O2S. The number of aromatic nitrogens is 1. The first-order valence-corrected chi connectivity index (χ1v) is 7.83. The zero-order valence-corrected chi connectivity index (χ0v) is 14.4. The molecule has 1 amide bonds. The number of nitrogens with one attached hydrogen (secondary N) is 2. The van der Waals surface area contributed by atoms with E-state index in [9.17, 15) is 4.79 Å².